The minimum Gasteiger partial charge on any atom is -0.497 e. The summed E-state index contributed by atoms with van der Waals surface area (Å²) in [4.78, 5) is 2.32. The largest absolute Gasteiger partial charge is 0.497 e. The Morgan fingerprint density at radius 3 is 2.43 bits per heavy atom. The summed E-state index contributed by atoms with van der Waals surface area (Å²) >= 11 is 5.81. The van der Waals surface area contributed by atoms with Crippen molar-refractivity contribution in [1.82, 2.24) is 19.2 Å². The first-order chi connectivity index (χ1) is 13.7. The van der Waals surface area contributed by atoms with Gasteiger partial charge in [-0.1, -0.05) is 30.3 Å². The molecule has 0 saturated carbocycles. The summed E-state index contributed by atoms with van der Waals surface area (Å²) in [7, 11) is 1.67. The summed E-state index contributed by atoms with van der Waals surface area (Å²) in [5.74, 6) is 1.69. The van der Waals surface area contributed by atoms with Gasteiger partial charge < -0.3 is 9.47 Å². The average molecular weight is 397 g/mol. The van der Waals surface area contributed by atoms with Crippen LogP contribution >= 0.6 is 12.2 Å². The van der Waals surface area contributed by atoms with Gasteiger partial charge in [0.2, 0.25) is 0 Å². The van der Waals surface area contributed by atoms with E-state index in [1.807, 2.05) is 47.1 Å². The van der Waals surface area contributed by atoms with Gasteiger partial charge in [0.05, 0.1) is 33.5 Å². The van der Waals surface area contributed by atoms with E-state index in [2.05, 4.69) is 21.6 Å². The van der Waals surface area contributed by atoms with Gasteiger partial charge in [-0.25, -0.2) is 4.68 Å². The first-order valence-electron chi connectivity index (χ1n) is 9.41. The number of rotatable bonds is 6. The fourth-order valence-electron chi connectivity index (χ4n) is 3.33. The predicted octanol–water partition coefficient (Wildman–Crippen LogP) is 3.43. The number of morpholine rings is 1. The lowest BCUT2D eigenvalue weighted by Gasteiger charge is -2.26. The number of methoxy groups -OCH3 is 1. The van der Waals surface area contributed by atoms with E-state index in [0.29, 0.717) is 13.2 Å². The molecule has 146 valence electrons. The molecule has 0 N–H and O–H groups in total. The quantitative estimate of drug-likeness (QED) is 0.598. The average Bonchev–Trinajstić information content (AvgIpc) is 3.05. The molecule has 0 unspecified atom stereocenters. The van der Waals surface area contributed by atoms with Crippen molar-refractivity contribution in [1.29, 1.82) is 0 Å². The van der Waals surface area contributed by atoms with Crippen molar-refractivity contribution in [3.63, 3.8) is 0 Å². The summed E-state index contributed by atoms with van der Waals surface area (Å²) in [5, 5.41) is 4.88. The van der Waals surface area contributed by atoms with Gasteiger partial charge in [0, 0.05) is 18.7 Å². The maximum Gasteiger partial charge on any atom is 0.199 e. The molecule has 0 atom stereocenters. The molecular formula is C21H24N4O2S. The number of ether oxygens (including phenoxy) is 2. The van der Waals surface area contributed by atoms with Crippen LogP contribution in [0.15, 0.2) is 54.6 Å². The zero-order valence-corrected chi connectivity index (χ0v) is 16.8. The van der Waals surface area contributed by atoms with Crippen LogP contribution in [0.4, 0.5) is 0 Å². The third-order valence-electron chi connectivity index (χ3n) is 4.89. The normalized spacial score (nSPS) is 14.9. The molecule has 6 nitrogen and oxygen atoms in total. The van der Waals surface area contributed by atoms with E-state index in [-0.39, 0.29) is 0 Å². The summed E-state index contributed by atoms with van der Waals surface area (Å²) in [6.45, 7) is 4.65. The Hall–Kier alpha value is -2.48. The maximum absolute atomic E-state index is 5.81. The highest BCUT2D eigenvalue weighted by Crippen LogP contribution is 2.23. The molecule has 1 aliphatic rings. The Kier molecular flexibility index (Phi) is 5.85. The van der Waals surface area contributed by atoms with Crippen molar-refractivity contribution < 1.29 is 9.47 Å². The second-order valence-corrected chi connectivity index (χ2v) is 7.14. The van der Waals surface area contributed by atoms with Crippen LogP contribution in [0, 0.1) is 4.77 Å². The van der Waals surface area contributed by atoms with Crippen molar-refractivity contribution in [2.45, 2.75) is 13.2 Å². The summed E-state index contributed by atoms with van der Waals surface area (Å²) < 4.78 is 15.5. The van der Waals surface area contributed by atoms with Crippen molar-refractivity contribution in [3.8, 4) is 17.1 Å². The van der Waals surface area contributed by atoms with Crippen LogP contribution < -0.4 is 4.74 Å². The number of aromatic nitrogens is 3. The smallest absolute Gasteiger partial charge is 0.199 e. The number of nitrogens with zero attached hydrogens (tertiary/aromatic N) is 4. The first kappa shape index (κ1) is 18.9. The van der Waals surface area contributed by atoms with Crippen LogP contribution in [0.2, 0.25) is 0 Å². The van der Waals surface area contributed by atoms with Gasteiger partial charge >= 0.3 is 0 Å². The molecule has 0 radical (unpaired) electrons. The molecular weight excluding hydrogens is 372 g/mol. The fourth-order valence-corrected chi connectivity index (χ4v) is 3.58. The minimum atomic E-state index is 0.674. The molecule has 1 saturated heterocycles. The molecule has 1 aromatic heterocycles. The van der Waals surface area contributed by atoms with Gasteiger partial charge in [0.1, 0.15) is 5.75 Å². The molecule has 0 bridgehead atoms. The van der Waals surface area contributed by atoms with E-state index in [0.717, 1.165) is 48.2 Å². The first-order valence-corrected chi connectivity index (χ1v) is 9.81. The van der Waals surface area contributed by atoms with Crippen molar-refractivity contribution in [2.24, 2.45) is 0 Å². The number of hydrogen-bond acceptors (Lipinski definition) is 5. The summed E-state index contributed by atoms with van der Waals surface area (Å²) in [6, 6.07) is 18.3. The number of hydrogen-bond donors (Lipinski definition) is 0. The molecule has 28 heavy (non-hydrogen) atoms. The van der Waals surface area contributed by atoms with Crippen LogP contribution in [0.5, 0.6) is 5.75 Å². The standard InChI is InChI=1S/C21H24N4O2S/c1-26-19-9-7-18(8-10-19)20-22-25(16-23-11-13-27-14-12-23)21(28)24(20)15-17-5-3-2-4-6-17/h2-10H,11-16H2,1H3. The van der Waals surface area contributed by atoms with E-state index in [9.17, 15) is 0 Å². The molecule has 7 heteroatoms. The second kappa shape index (κ2) is 8.68. The van der Waals surface area contributed by atoms with Gasteiger partial charge in [0.15, 0.2) is 10.6 Å². The van der Waals surface area contributed by atoms with Gasteiger partial charge in [0.25, 0.3) is 0 Å². The second-order valence-electron chi connectivity index (χ2n) is 6.78. The Morgan fingerprint density at radius 1 is 1.04 bits per heavy atom. The monoisotopic (exact) mass is 396 g/mol. The molecule has 1 aliphatic heterocycles. The molecule has 3 aromatic rings. The van der Waals surface area contributed by atoms with E-state index >= 15 is 0 Å². The van der Waals surface area contributed by atoms with Gasteiger partial charge in [-0.2, -0.15) is 5.10 Å². The molecule has 0 amide bonds. The Balaban J connectivity index is 1.71. The zero-order chi connectivity index (χ0) is 19.3. The maximum atomic E-state index is 5.81. The van der Waals surface area contributed by atoms with Crippen molar-refractivity contribution in [3.05, 3.63) is 64.9 Å². The van der Waals surface area contributed by atoms with Gasteiger partial charge in [-0.3, -0.25) is 9.47 Å². The van der Waals surface area contributed by atoms with Crippen LogP contribution in [-0.2, 0) is 18.0 Å². The third-order valence-corrected chi connectivity index (χ3v) is 5.32. The van der Waals surface area contributed by atoms with E-state index in [1.54, 1.807) is 7.11 Å². The van der Waals surface area contributed by atoms with Crippen molar-refractivity contribution >= 4 is 12.2 Å². The number of benzene rings is 2. The van der Waals surface area contributed by atoms with Crippen LogP contribution in [0.25, 0.3) is 11.4 Å². The lowest BCUT2D eigenvalue weighted by Crippen LogP contribution is -2.37. The fraction of sp³-hybridized carbons (Fsp3) is 0.333. The van der Waals surface area contributed by atoms with Crippen LogP contribution in [0.1, 0.15) is 5.56 Å². The Morgan fingerprint density at radius 2 is 1.75 bits per heavy atom. The third kappa shape index (κ3) is 4.16. The lowest BCUT2D eigenvalue weighted by molar-refractivity contribution is 0.0209. The molecule has 4 rings (SSSR count). The lowest BCUT2D eigenvalue weighted by atomic mass is 10.2. The molecule has 2 heterocycles. The van der Waals surface area contributed by atoms with Gasteiger partial charge in [-0.05, 0) is 42.0 Å². The van der Waals surface area contributed by atoms with Crippen LogP contribution in [-0.4, -0.2) is 52.7 Å². The van der Waals surface area contributed by atoms with E-state index in [1.165, 1.54) is 5.56 Å². The molecule has 0 aliphatic carbocycles. The Labute approximate surface area is 169 Å². The highest BCUT2D eigenvalue weighted by molar-refractivity contribution is 7.71. The van der Waals surface area contributed by atoms with Gasteiger partial charge in [-0.15, -0.1) is 0 Å². The highest BCUT2D eigenvalue weighted by atomic mass is 32.1. The predicted molar refractivity (Wildman–Crippen MR) is 111 cm³/mol. The highest BCUT2D eigenvalue weighted by Gasteiger charge is 2.17. The SMILES string of the molecule is COc1ccc(-c2nn(CN3CCOCC3)c(=S)n2Cc2ccccc2)cc1. The Bertz CT molecular complexity index is 960. The van der Waals surface area contributed by atoms with E-state index in [4.69, 9.17) is 26.8 Å². The van der Waals surface area contributed by atoms with E-state index < -0.39 is 0 Å². The topological polar surface area (TPSA) is 44.4 Å². The molecule has 0 spiro atoms. The summed E-state index contributed by atoms with van der Waals surface area (Å²) in [5.41, 5.74) is 2.21. The van der Waals surface area contributed by atoms with Crippen molar-refractivity contribution in [2.75, 3.05) is 33.4 Å². The van der Waals surface area contributed by atoms with Crippen LogP contribution in [0.3, 0.4) is 0 Å². The minimum absolute atomic E-state index is 0.674. The summed E-state index contributed by atoms with van der Waals surface area (Å²) in [6.07, 6.45) is 0. The molecule has 2 aromatic carbocycles. The molecule has 1 fully saturated rings. The zero-order valence-electron chi connectivity index (χ0n) is 16.0.